The van der Waals surface area contributed by atoms with Crippen molar-refractivity contribution in [2.75, 3.05) is 13.2 Å². The number of aliphatic hydroxyl groups excluding tert-OH is 1. The fourth-order valence-corrected chi connectivity index (χ4v) is 2.80. The van der Waals surface area contributed by atoms with E-state index in [0.717, 1.165) is 11.1 Å². The molecule has 4 nitrogen and oxygen atoms in total. The molecule has 0 radical (unpaired) electrons. The van der Waals surface area contributed by atoms with Crippen LogP contribution in [0.5, 0.6) is 0 Å². The molecule has 1 unspecified atom stereocenters. The zero-order chi connectivity index (χ0) is 14.8. The van der Waals surface area contributed by atoms with E-state index >= 15 is 0 Å². The van der Waals surface area contributed by atoms with Crippen LogP contribution in [0.1, 0.15) is 17.0 Å². The number of aliphatic hydroxyl groups is 1. The van der Waals surface area contributed by atoms with Gasteiger partial charge >= 0.3 is 5.97 Å². The molecular formula is C17H17NO3. The predicted octanol–water partition coefficient (Wildman–Crippen LogP) is 1.66. The van der Waals surface area contributed by atoms with Gasteiger partial charge in [0.15, 0.2) is 6.10 Å². The van der Waals surface area contributed by atoms with Gasteiger partial charge in [-0.1, -0.05) is 48.5 Å². The van der Waals surface area contributed by atoms with E-state index in [9.17, 15) is 9.90 Å². The fraction of sp³-hybridized carbons (Fsp3) is 0.235. The number of fused-ring (bicyclic) bond motifs is 3. The van der Waals surface area contributed by atoms with Crippen molar-refractivity contribution in [2.24, 2.45) is 5.73 Å². The van der Waals surface area contributed by atoms with Crippen LogP contribution in [0.25, 0.3) is 11.1 Å². The Labute approximate surface area is 123 Å². The molecule has 1 atom stereocenters. The Kier molecular flexibility index (Phi) is 3.73. The van der Waals surface area contributed by atoms with Crippen molar-refractivity contribution < 1.29 is 14.6 Å². The second kappa shape index (κ2) is 5.68. The summed E-state index contributed by atoms with van der Waals surface area (Å²) in [5, 5.41) is 9.39. The number of esters is 1. The van der Waals surface area contributed by atoms with Gasteiger partial charge in [-0.05, 0) is 22.3 Å². The summed E-state index contributed by atoms with van der Waals surface area (Å²) >= 11 is 0. The van der Waals surface area contributed by atoms with Crippen LogP contribution >= 0.6 is 0 Å². The van der Waals surface area contributed by atoms with Gasteiger partial charge in [0.2, 0.25) is 0 Å². The average Bonchev–Trinajstić information content (AvgIpc) is 2.86. The van der Waals surface area contributed by atoms with E-state index in [1.165, 1.54) is 11.1 Å². The smallest absolute Gasteiger partial charge is 0.336 e. The average molecular weight is 283 g/mol. The number of hydrogen-bond donors (Lipinski definition) is 2. The van der Waals surface area contributed by atoms with Gasteiger partial charge in [-0.25, -0.2) is 4.79 Å². The van der Waals surface area contributed by atoms with Crippen LogP contribution in [0.15, 0.2) is 48.5 Å². The molecule has 0 fully saturated rings. The number of rotatable bonds is 4. The maximum Gasteiger partial charge on any atom is 0.336 e. The second-order valence-electron chi connectivity index (χ2n) is 5.11. The summed E-state index contributed by atoms with van der Waals surface area (Å²) in [5.41, 5.74) is 9.90. The highest BCUT2D eigenvalue weighted by atomic mass is 16.5. The van der Waals surface area contributed by atoms with Crippen LogP contribution in [-0.2, 0) is 9.53 Å². The molecular weight excluding hydrogens is 266 g/mol. The van der Waals surface area contributed by atoms with Gasteiger partial charge in [0.05, 0.1) is 0 Å². The van der Waals surface area contributed by atoms with Gasteiger partial charge in [0.1, 0.15) is 6.61 Å². The standard InChI is InChI=1S/C17H17NO3/c18-9-16(19)17(20)21-10-15-13-7-3-1-5-11(13)12-6-2-4-8-14(12)15/h1-8,15-16,19H,9-10,18H2. The van der Waals surface area contributed by atoms with E-state index in [2.05, 4.69) is 12.1 Å². The lowest BCUT2D eigenvalue weighted by Gasteiger charge is -2.15. The maximum atomic E-state index is 11.6. The quantitative estimate of drug-likeness (QED) is 0.837. The van der Waals surface area contributed by atoms with Gasteiger partial charge in [0, 0.05) is 12.5 Å². The summed E-state index contributed by atoms with van der Waals surface area (Å²) in [6.45, 7) is 0.0839. The molecule has 0 bridgehead atoms. The molecule has 0 aromatic heterocycles. The lowest BCUT2D eigenvalue weighted by atomic mass is 9.98. The maximum absolute atomic E-state index is 11.6. The molecule has 2 aromatic rings. The van der Waals surface area contributed by atoms with Gasteiger partial charge in [0.25, 0.3) is 0 Å². The Morgan fingerprint density at radius 2 is 1.62 bits per heavy atom. The van der Waals surface area contributed by atoms with Crippen LogP contribution in [-0.4, -0.2) is 30.3 Å². The molecule has 21 heavy (non-hydrogen) atoms. The number of carbonyl (C=O) groups is 1. The van der Waals surface area contributed by atoms with Crippen molar-refractivity contribution in [1.29, 1.82) is 0 Å². The fourth-order valence-electron chi connectivity index (χ4n) is 2.80. The minimum atomic E-state index is -1.25. The van der Waals surface area contributed by atoms with Crippen molar-refractivity contribution in [2.45, 2.75) is 12.0 Å². The van der Waals surface area contributed by atoms with E-state index in [4.69, 9.17) is 10.5 Å². The van der Waals surface area contributed by atoms with Crippen molar-refractivity contribution in [3.8, 4) is 11.1 Å². The third-order valence-electron chi connectivity index (χ3n) is 3.85. The van der Waals surface area contributed by atoms with Gasteiger partial charge in [-0.3, -0.25) is 0 Å². The first-order chi connectivity index (χ1) is 10.2. The van der Waals surface area contributed by atoms with Crippen molar-refractivity contribution >= 4 is 5.97 Å². The molecule has 3 rings (SSSR count). The lowest BCUT2D eigenvalue weighted by molar-refractivity contribution is -0.153. The second-order valence-corrected chi connectivity index (χ2v) is 5.11. The van der Waals surface area contributed by atoms with Crippen molar-refractivity contribution in [3.05, 3.63) is 59.7 Å². The highest BCUT2D eigenvalue weighted by Gasteiger charge is 2.29. The van der Waals surface area contributed by atoms with Gasteiger partial charge in [-0.2, -0.15) is 0 Å². The Balaban J connectivity index is 1.87. The summed E-state index contributed by atoms with van der Waals surface area (Å²) in [6.07, 6.45) is -1.25. The highest BCUT2D eigenvalue weighted by molar-refractivity contribution is 5.79. The van der Waals surface area contributed by atoms with Crippen LogP contribution < -0.4 is 5.73 Å². The van der Waals surface area contributed by atoms with Crippen LogP contribution in [0.4, 0.5) is 0 Å². The first-order valence-electron chi connectivity index (χ1n) is 6.95. The van der Waals surface area contributed by atoms with E-state index in [1.807, 2.05) is 36.4 Å². The number of ether oxygens (including phenoxy) is 1. The molecule has 1 aliphatic rings. The van der Waals surface area contributed by atoms with Gasteiger partial charge < -0.3 is 15.6 Å². The third kappa shape index (κ3) is 2.44. The lowest BCUT2D eigenvalue weighted by Crippen LogP contribution is -2.31. The van der Waals surface area contributed by atoms with E-state index in [1.54, 1.807) is 0 Å². The summed E-state index contributed by atoms with van der Waals surface area (Å²) in [4.78, 5) is 11.6. The van der Waals surface area contributed by atoms with Crippen LogP contribution in [0.3, 0.4) is 0 Å². The number of carbonyl (C=O) groups excluding carboxylic acids is 1. The van der Waals surface area contributed by atoms with Gasteiger partial charge in [-0.15, -0.1) is 0 Å². The molecule has 0 saturated heterocycles. The molecule has 3 N–H and O–H groups in total. The molecule has 0 amide bonds. The monoisotopic (exact) mass is 283 g/mol. The largest absolute Gasteiger partial charge is 0.463 e. The Morgan fingerprint density at radius 3 is 2.14 bits per heavy atom. The predicted molar refractivity (Wildman–Crippen MR) is 79.7 cm³/mol. The zero-order valence-electron chi connectivity index (χ0n) is 11.5. The summed E-state index contributed by atoms with van der Waals surface area (Å²) in [6, 6.07) is 16.2. The summed E-state index contributed by atoms with van der Waals surface area (Å²) in [5.74, 6) is -0.661. The summed E-state index contributed by atoms with van der Waals surface area (Å²) < 4.78 is 5.22. The first-order valence-corrected chi connectivity index (χ1v) is 6.95. The van der Waals surface area contributed by atoms with E-state index < -0.39 is 12.1 Å². The molecule has 0 aliphatic heterocycles. The Bertz CT molecular complexity index is 623. The zero-order valence-corrected chi connectivity index (χ0v) is 11.5. The molecule has 4 heteroatoms. The molecule has 0 saturated carbocycles. The number of hydrogen-bond acceptors (Lipinski definition) is 4. The molecule has 2 aromatic carbocycles. The SMILES string of the molecule is NCC(O)C(=O)OCC1c2ccccc2-c2ccccc21. The van der Waals surface area contributed by atoms with E-state index in [0.29, 0.717) is 0 Å². The molecule has 1 aliphatic carbocycles. The van der Waals surface area contributed by atoms with Crippen LogP contribution in [0.2, 0.25) is 0 Å². The van der Waals surface area contributed by atoms with Crippen molar-refractivity contribution in [3.63, 3.8) is 0 Å². The molecule has 0 heterocycles. The third-order valence-corrected chi connectivity index (χ3v) is 3.85. The topological polar surface area (TPSA) is 72.5 Å². The minimum Gasteiger partial charge on any atom is -0.463 e. The number of benzene rings is 2. The van der Waals surface area contributed by atoms with Crippen molar-refractivity contribution in [1.82, 2.24) is 0 Å². The molecule has 0 spiro atoms. The number of nitrogens with two attached hydrogens (primary N) is 1. The Morgan fingerprint density at radius 1 is 1.10 bits per heavy atom. The minimum absolute atomic E-state index is 0.00586. The van der Waals surface area contributed by atoms with E-state index in [-0.39, 0.29) is 19.1 Å². The Hall–Kier alpha value is -2.17. The molecule has 108 valence electrons. The first kappa shape index (κ1) is 13.8. The normalized spacial score (nSPS) is 14.4. The highest BCUT2D eigenvalue weighted by Crippen LogP contribution is 2.44. The summed E-state index contributed by atoms with van der Waals surface area (Å²) in [7, 11) is 0. The van der Waals surface area contributed by atoms with Crippen LogP contribution in [0, 0.1) is 0 Å².